The number of rotatable bonds is 9. The number of carbonyl (C=O) groups is 2. The summed E-state index contributed by atoms with van der Waals surface area (Å²) in [6.07, 6.45) is 8.39. The van der Waals surface area contributed by atoms with Crippen LogP contribution in [0.15, 0.2) is 60.7 Å². The molecule has 0 spiro atoms. The quantitative estimate of drug-likeness (QED) is 0.344. The number of para-hydroxylation sites is 1. The summed E-state index contributed by atoms with van der Waals surface area (Å²) in [7, 11) is 0. The molecule has 1 unspecified atom stereocenters. The summed E-state index contributed by atoms with van der Waals surface area (Å²) in [4.78, 5) is 29.4. The van der Waals surface area contributed by atoms with Gasteiger partial charge >= 0.3 is 0 Å². The average molecular weight is 487 g/mol. The average Bonchev–Trinajstić information content (AvgIpc) is 3.68. The van der Waals surface area contributed by atoms with Crippen LogP contribution in [0.2, 0.25) is 0 Å². The molecule has 7 heteroatoms. The lowest BCUT2D eigenvalue weighted by Gasteiger charge is -2.23. The Kier molecular flexibility index (Phi) is 7.37. The first-order valence-corrected chi connectivity index (χ1v) is 12.9. The molecule has 36 heavy (non-hydrogen) atoms. The smallest absolute Gasteiger partial charge is 0.268 e. The molecule has 2 amide bonds. The minimum Gasteiger partial charge on any atom is -0.490 e. The third kappa shape index (κ3) is 5.97. The minimum atomic E-state index is -0.744. The summed E-state index contributed by atoms with van der Waals surface area (Å²) in [6, 6.07) is 14.9. The Morgan fingerprint density at radius 1 is 1.06 bits per heavy atom. The number of allylic oxidation sites excluding steroid dienone is 1. The van der Waals surface area contributed by atoms with E-state index >= 15 is 0 Å². The molecule has 2 aromatic carbocycles. The number of benzene rings is 2. The van der Waals surface area contributed by atoms with Crippen molar-refractivity contribution in [3.8, 4) is 5.75 Å². The Morgan fingerprint density at radius 3 is 2.53 bits per heavy atom. The molecule has 2 fully saturated rings. The number of nitrogens with one attached hydrogen (secondary N) is 4. The highest BCUT2D eigenvalue weighted by Crippen LogP contribution is 2.30. The maximum atomic E-state index is 13.1. The van der Waals surface area contributed by atoms with Crippen molar-refractivity contribution in [2.45, 2.75) is 51.3 Å². The van der Waals surface area contributed by atoms with E-state index in [1.54, 1.807) is 0 Å². The molecule has 0 bridgehead atoms. The number of ether oxygens (including phenoxy) is 1. The summed E-state index contributed by atoms with van der Waals surface area (Å²) in [5.74, 6) is 0.829. The number of H-pyrrole nitrogens is 1. The zero-order valence-electron chi connectivity index (χ0n) is 20.7. The number of aromatic amines is 1. The molecule has 0 radical (unpaired) electrons. The van der Waals surface area contributed by atoms with Crippen molar-refractivity contribution in [3.63, 3.8) is 0 Å². The molecular weight excluding hydrogens is 452 g/mol. The van der Waals surface area contributed by atoms with E-state index in [-0.39, 0.29) is 17.9 Å². The number of hydrogen-bond acceptors (Lipinski definition) is 4. The fourth-order valence-corrected chi connectivity index (χ4v) is 4.57. The van der Waals surface area contributed by atoms with Crippen LogP contribution in [-0.2, 0) is 11.3 Å². The van der Waals surface area contributed by atoms with Crippen LogP contribution in [0.25, 0.3) is 10.9 Å². The van der Waals surface area contributed by atoms with Crippen molar-refractivity contribution in [1.29, 1.82) is 0 Å². The summed E-state index contributed by atoms with van der Waals surface area (Å²) in [6.45, 7) is 4.27. The fourth-order valence-electron chi connectivity index (χ4n) is 4.57. The van der Waals surface area contributed by atoms with Crippen molar-refractivity contribution in [2.24, 2.45) is 5.92 Å². The van der Waals surface area contributed by atoms with E-state index in [4.69, 9.17) is 4.74 Å². The van der Waals surface area contributed by atoms with E-state index in [2.05, 4.69) is 20.9 Å². The van der Waals surface area contributed by atoms with Gasteiger partial charge < -0.3 is 25.7 Å². The first-order chi connectivity index (χ1) is 17.6. The van der Waals surface area contributed by atoms with Gasteiger partial charge in [-0.3, -0.25) is 9.59 Å². The number of carbonyl (C=O) groups excluding carboxylic acids is 2. The summed E-state index contributed by atoms with van der Waals surface area (Å²) < 4.78 is 6.06. The van der Waals surface area contributed by atoms with Crippen LogP contribution < -0.4 is 20.7 Å². The minimum absolute atomic E-state index is 0.232. The molecule has 2 aliphatic rings. The molecule has 1 aliphatic carbocycles. The molecule has 5 rings (SSSR count). The van der Waals surface area contributed by atoms with Crippen molar-refractivity contribution >= 4 is 22.7 Å². The number of amides is 2. The molecule has 4 N–H and O–H groups in total. The van der Waals surface area contributed by atoms with Crippen LogP contribution in [0, 0.1) is 12.8 Å². The third-order valence-electron chi connectivity index (χ3n) is 6.94. The van der Waals surface area contributed by atoms with Gasteiger partial charge in [0.1, 0.15) is 23.6 Å². The van der Waals surface area contributed by atoms with E-state index in [1.165, 1.54) is 0 Å². The van der Waals surface area contributed by atoms with Gasteiger partial charge in [-0.05, 0) is 80.9 Å². The van der Waals surface area contributed by atoms with Gasteiger partial charge in [-0.25, -0.2) is 0 Å². The standard InChI is InChI=1S/C29H34N4O3/c1-19-24-4-2-3-5-25(24)32-27(19)29(35)33-26(13-10-20-6-7-20)28(34)31-18-21-8-11-22(12-9-21)36-23-14-16-30-17-15-23/h2-5,8-13,20,23,26,30,32H,6-7,14-18H2,1H3,(H,31,34)(H,33,35)/b13-10+. The number of fused-ring (bicyclic) bond motifs is 1. The van der Waals surface area contributed by atoms with Crippen LogP contribution in [0.3, 0.4) is 0 Å². The second kappa shape index (κ2) is 11.0. The lowest BCUT2D eigenvalue weighted by atomic mass is 10.1. The topological polar surface area (TPSA) is 95.2 Å². The van der Waals surface area contributed by atoms with Crippen molar-refractivity contribution in [1.82, 2.24) is 20.9 Å². The molecule has 3 aromatic rings. The Balaban J connectivity index is 1.21. The fraction of sp³-hybridized carbons (Fsp3) is 0.379. The van der Waals surface area contributed by atoms with E-state index in [9.17, 15) is 9.59 Å². The summed E-state index contributed by atoms with van der Waals surface area (Å²) in [5, 5.41) is 10.2. The molecule has 1 saturated heterocycles. The lowest BCUT2D eigenvalue weighted by Crippen LogP contribution is -2.45. The zero-order chi connectivity index (χ0) is 24.9. The lowest BCUT2D eigenvalue weighted by molar-refractivity contribution is -0.122. The molecule has 1 aliphatic heterocycles. The normalized spacial score (nSPS) is 17.2. The highest BCUT2D eigenvalue weighted by Gasteiger charge is 2.24. The first-order valence-electron chi connectivity index (χ1n) is 12.9. The van der Waals surface area contributed by atoms with Crippen LogP contribution in [0.1, 0.15) is 47.3 Å². The molecule has 7 nitrogen and oxygen atoms in total. The van der Waals surface area contributed by atoms with Crippen molar-refractivity contribution < 1.29 is 14.3 Å². The van der Waals surface area contributed by atoms with Gasteiger partial charge in [0, 0.05) is 17.4 Å². The van der Waals surface area contributed by atoms with Crippen LogP contribution >= 0.6 is 0 Å². The van der Waals surface area contributed by atoms with E-state index in [0.717, 1.165) is 66.6 Å². The van der Waals surface area contributed by atoms with Gasteiger partial charge in [-0.1, -0.05) is 42.5 Å². The molecule has 1 atom stereocenters. The Labute approximate surface area is 211 Å². The van der Waals surface area contributed by atoms with Gasteiger partial charge in [0.05, 0.1) is 0 Å². The Hall–Kier alpha value is -3.58. The van der Waals surface area contributed by atoms with Gasteiger partial charge in [0.25, 0.3) is 5.91 Å². The Bertz CT molecular complexity index is 1240. The zero-order valence-corrected chi connectivity index (χ0v) is 20.7. The highest BCUT2D eigenvalue weighted by atomic mass is 16.5. The molecule has 188 valence electrons. The number of aromatic nitrogens is 1. The van der Waals surface area contributed by atoms with Crippen LogP contribution in [0.4, 0.5) is 0 Å². The largest absolute Gasteiger partial charge is 0.490 e. The predicted molar refractivity (Wildman–Crippen MR) is 141 cm³/mol. The van der Waals surface area contributed by atoms with Crippen LogP contribution in [-0.4, -0.2) is 42.0 Å². The van der Waals surface area contributed by atoms with Crippen molar-refractivity contribution in [3.05, 3.63) is 77.5 Å². The number of piperidine rings is 1. The third-order valence-corrected chi connectivity index (χ3v) is 6.94. The monoisotopic (exact) mass is 486 g/mol. The SMILES string of the molecule is Cc1c(C(=O)NC(/C=C/C2CC2)C(=O)NCc2ccc(OC3CCNCC3)cc2)[nH]c2ccccc12. The van der Waals surface area contributed by atoms with Gasteiger partial charge in [-0.15, -0.1) is 0 Å². The van der Waals surface area contributed by atoms with Gasteiger partial charge in [0.2, 0.25) is 5.91 Å². The molecule has 1 saturated carbocycles. The summed E-state index contributed by atoms with van der Waals surface area (Å²) >= 11 is 0. The van der Waals surface area contributed by atoms with E-state index in [1.807, 2.05) is 67.6 Å². The second-order valence-electron chi connectivity index (χ2n) is 9.77. The molecule has 1 aromatic heterocycles. The van der Waals surface area contributed by atoms with Gasteiger partial charge in [-0.2, -0.15) is 0 Å². The second-order valence-corrected chi connectivity index (χ2v) is 9.77. The first kappa shape index (κ1) is 24.1. The van der Waals surface area contributed by atoms with Gasteiger partial charge in [0.15, 0.2) is 0 Å². The molecule has 2 heterocycles. The Morgan fingerprint density at radius 2 is 1.81 bits per heavy atom. The number of hydrogen-bond donors (Lipinski definition) is 4. The number of aryl methyl sites for hydroxylation is 1. The van der Waals surface area contributed by atoms with E-state index < -0.39 is 6.04 Å². The highest BCUT2D eigenvalue weighted by molar-refractivity contribution is 6.02. The molecular formula is C29H34N4O3. The predicted octanol–water partition coefficient (Wildman–Crippen LogP) is 3.99. The maximum Gasteiger partial charge on any atom is 0.268 e. The van der Waals surface area contributed by atoms with Crippen LogP contribution in [0.5, 0.6) is 5.75 Å². The van der Waals surface area contributed by atoms with E-state index in [0.29, 0.717) is 18.2 Å². The van der Waals surface area contributed by atoms with Crippen molar-refractivity contribution in [2.75, 3.05) is 13.1 Å². The summed E-state index contributed by atoms with van der Waals surface area (Å²) in [5.41, 5.74) is 3.24. The maximum absolute atomic E-state index is 13.1.